The minimum absolute atomic E-state index is 0.0249. The van der Waals surface area contributed by atoms with Crippen LogP contribution in [0.25, 0.3) is 11.1 Å². The lowest BCUT2D eigenvalue weighted by Crippen LogP contribution is -2.37. The molecule has 3 aromatic rings. The van der Waals surface area contributed by atoms with Crippen LogP contribution in [0.2, 0.25) is 5.02 Å². The highest BCUT2D eigenvalue weighted by Crippen LogP contribution is 2.34. The van der Waals surface area contributed by atoms with Crippen molar-refractivity contribution in [2.45, 2.75) is 42.7 Å². The first kappa shape index (κ1) is 19.0. The van der Waals surface area contributed by atoms with Crippen molar-refractivity contribution >= 4 is 39.7 Å². The van der Waals surface area contributed by atoms with E-state index in [0.717, 1.165) is 36.8 Å². The third kappa shape index (κ3) is 4.09. The largest absolute Gasteiger partial charge is 0.767 e. The van der Waals surface area contributed by atoms with Gasteiger partial charge in [-0.3, -0.25) is 9.00 Å². The number of hydrogen-bond acceptors (Lipinski definition) is 6. The zero-order valence-corrected chi connectivity index (χ0v) is 16.3. The lowest BCUT2D eigenvalue weighted by Gasteiger charge is -2.27. The fourth-order valence-electron chi connectivity index (χ4n) is 3.49. The number of carbonyl (C=O) groups excluding carboxylic acids is 1. The van der Waals surface area contributed by atoms with Gasteiger partial charge in [0, 0.05) is 28.7 Å². The molecule has 0 aliphatic heterocycles. The lowest BCUT2D eigenvalue weighted by molar-refractivity contribution is 0.0924. The Labute approximate surface area is 168 Å². The monoisotopic (exact) mass is 418 g/mol. The second kappa shape index (κ2) is 7.98. The summed E-state index contributed by atoms with van der Waals surface area (Å²) < 4.78 is 27.9. The van der Waals surface area contributed by atoms with Gasteiger partial charge in [-0.05, 0) is 67.1 Å². The molecule has 146 valence electrons. The number of halogens is 1. The van der Waals surface area contributed by atoms with E-state index in [-0.39, 0.29) is 28.5 Å². The summed E-state index contributed by atoms with van der Waals surface area (Å²) in [6.07, 6.45) is 4.59. The number of hydrogen-bond donors (Lipinski definition) is 1. The lowest BCUT2D eigenvalue weighted by atomic mass is 9.86. The third-order valence-corrected chi connectivity index (χ3v) is 5.75. The van der Waals surface area contributed by atoms with Gasteiger partial charge >= 0.3 is 0 Å². The van der Waals surface area contributed by atoms with E-state index in [1.54, 1.807) is 12.1 Å². The number of oxazole rings is 1. The van der Waals surface area contributed by atoms with Crippen LogP contribution in [-0.2, 0) is 11.1 Å². The van der Waals surface area contributed by atoms with Crippen LogP contribution in [0.4, 0.5) is 0 Å². The molecule has 1 aromatic carbocycles. The minimum atomic E-state index is -2.46. The van der Waals surface area contributed by atoms with Gasteiger partial charge in [-0.25, -0.2) is 9.97 Å². The van der Waals surface area contributed by atoms with Crippen molar-refractivity contribution in [3.05, 3.63) is 53.0 Å². The number of carbonyl (C=O) groups is 1. The maximum absolute atomic E-state index is 12.4. The highest BCUT2D eigenvalue weighted by molar-refractivity contribution is 7.79. The molecule has 0 radical (unpaired) electrons. The van der Waals surface area contributed by atoms with Gasteiger partial charge in [0.05, 0.1) is 0 Å². The van der Waals surface area contributed by atoms with E-state index in [2.05, 4.69) is 15.3 Å². The Morgan fingerprint density at radius 2 is 2.00 bits per heavy atom. The smallest absolute Gasteiger partial charge is 0.251 e. The summed E-state index contributed by atoms with van der Waals surface area (Å²) in [7, 11) is 0. The van der Waals surface area contributed by atoms with Crippen LogP contribution in [0.3, 0.4) is 0 Å². The zero-order chi connectivity index (χ0) is 19.7. The summed E-state index contributed by atoms with van der Waals surface area (Å²) in [6, 6.07) is 8.18. The molecular weight excluding hydrogens is 402 g/mol. The zero-order valence-electron chi connectivity index (χ0n) is 14.8. The van der Waals surface area contributed by atoms with E-state index in [9.17, 15) is 13.6 Å². The number of pyridine rings is 1. The molecule has 1 fully saturated rings. The Morgan fingerprint density at radius 1 is 1.21 bits per heavy atom. The molecule has 1 saturated carbocycles. The molecule has 9 heteroatoms. The first-order valence-corrected chi connectivity index (χ1v) is 10.4. The number of rotatable bonds is 4. The molecule has 0 bridgehead atoms. The second-order valence-electron chi connectivity index (χ2n) is 6.80. The van der Waals surface area contributed by atoms with E-state index < -0.39 is 11.1 Å². The van der Waals surface area contributed by atoms with Crippen LogP contribution in [0.15, 0.2) is 46.0 Å². The molecule has 0 saturated heterocycles. The SMILES string of the molecule is O=C(NC1CCC(c2nc3cc(Cl)ccc3o2)CC1)c1ccnc(S(=O)[O-])c1. The molecule has 1 aliphatic carbocycles. The van der Waals surface area contributed by atoms with Crippen molar-refractivity contribution in [2.75, 3.05) is 0 Å². The molecule has 0 spiro atoms. The van der Waals surface area contributed by atoms with Gasteiger partial charge in [0.15, 0.2) is 11.5 Å². The minimum Gasteiger partial charge on any atom is -0.767 e. The van der Waals surface area contributed by atoms with Gasteiger partial charge < -0.3 is 14.3 Å². The maximum atomic E-state index is 12.4. The molecule has 7 nitrogen and oxygen atoms in total. The van der Waals surface area contributed by atoms with E-state index >= 15 is 0 Å². The van der Waals surface area contributed by atoms with Crippen LogP contribution in [0.5, 0.6) is 0 Å². The average molecular weight is 419 g/mol. The van der Waals surface area contributed by atoms with Crippen molar-refractivity contribution < 1.29 is 18.0 Å². The van der Waals surface area contributed by atoms with Gasteiger partial charge in [0.25, 0.3) is 5.91 Å². The van der Waals surface area contributed by atoms with Gasteiger partial charge in [-0.2, -0.15) is 0 Å². The molecule has 2 heterocycles. The van der Waals surface area contributed by atoms with Gasteiger partial charge in [0.2, 0.25) is 0 Å². The first-order valence-electron chi connectivity index (χ1n) is 8.92. The van der Waals surface area contributed by atoms with Crippen LogP contribution < -0.4 is 5.32 Å². The number of nitrogens with zero attached hydrogens (tertiary/aromatic N) is 2. The predicted molar refractivity (Wildman–Crippen MR) is 103 cm³/mol. The van der Waals surface area contributed by atoms with Crippen LogP contribution in [0, 0.1) is 0 Å². The Kier molecular flexibility index (Phi) is 5.43. The fourth-order valence-corrected chi connectivity index (χ4v) is 4.02. The molecule has 28 heavy (non-hydrogen) atoms. The molecular formula is C19H17ClN3O4S-. The quantitative estimate of drug-likeness (QED) is 0.649. The average Bonchev–Trinajstić information content (AvgIpc) is 3.11. The van der Waals surface area contributed by atoms with E-state index in [0.29, 0.717) is 10.9 Å². The van der Waals surface area contributed by atoms with Crippen molar-refractivity contribution in [1.29, 1.82) is 0 Å². The number of amides is 1. The first-order chi connectivity index (χ1) is 13.5. The highest BCUT2D eigenvalue weighted by atomic mass is 35.5. The van der Waals surface area contributed by atoms with Crippen molar-refractivity contribution in [1.82, 2.24) is 15.3 Å². The van der Waals surface area contributed by atoms with Crippen LogP contribution in [-0.4, -0.2) is 30.7 Å². The van der Waals surface area contributed by atoms with Crippen molar-refractivity contribution in [2.24, 2.45) is 0 Å². The normalized spacial score (nSPS) is 20.8. The highest BCUT2D eigenvalue weighted by Gasteiger charge is 2.27. The molecule has 4 rings (SSSR count). The summed E-state index contributed by atoms with van der Waals surface area (Å²) in [5, 5.41) is 3.45. The number of benzene rings is 1. The molecule has 1 amide bonds. The van der Waals surface area contributed by atoms with Gasteiger partial charge in [0.1, 0.15) is 10.5 Å². The molecule has 1 atom stereocenters. The Bertz CT molecular complexity index is 1050. The summed E-state index contributed by atoms with van der Waals surface area (Å²) in [4.78, 5) is 20.7. The van der Waals surface area contributed by atoms with Crippen molar-refractivity contribution in [3.63, 3.8) is 0 Å². The third-order valence-electron chi connectivity index (χ3n) is 4.95. The Morgan fingerprint density at radius 3 is 2.75 bits per heavy atom. The van der Waals surface area contributed by atoms with E-state index in [4.69, 9.17) is 16.0 Å². The van der Waals surface area contributed by atoms with Gasteiger partial charge in [-0.15, -0.1) is 0 Å². The summed E-state index contributed by atoms with van der Waals surface area (Å²) in [5.74, 6) is 0.613. The molecule has 1 aliphatic rings. The standard InChI is InChI=1S/C19H18ClN3O4S/c20-13-3-6-16-15(10-13)23-19(27-16)11-1-4-14(5-2-11)22-18(24)12-7-8-21-17(9-12)28(25)26/h3,6-11,14H,1-2,4-5H2,(H,22,24)(H,25,26)/p-1. The number of fused-ring (bicyclic) bond motifs is 1. The number of nitrogens with one attached hydrogen (secondary N) is 1. The fraction of sp³-hybridized carbons (Fsp3) is 0.316. The van der Waals surface area contributed by atoms with E-state index in [1.807, 2.05) is 6.07 Å². The molecule has 2 aromatic heterocycles. The second-order valence-corrected chi connectivity index (χ2v) is 8.13. The van der Waals surface area contributed by atoms with Crippen LogP contribution >= 0.6 is 11.6 Å². The van der Waals surface area contributed by atoms with Crippen molar-refractivity contribution in [3.8, 4) is 0 Å². The van der Waals surface area contributed by atoms with Gasteiger partial charge in [-0.1, -0.05) is 11.6 Å². The maximum Gasteiger partial charge on any atom is 0.251 e. The molecule has 1 N–H and O–H groups in total. The predicted octanol–water partition coefficient (Wildman–Crippen LogP) is 3.57. The van der Waals surface area contributed by atoms with E-state index in [1.165, 1.54) is 18.3 Å². The summed E-state index contributed by atoms with van der Waals surface area (Å²) in [5.41, 5.74) is 1.76. The summed E-state index contributed by atoms with van der Waals surface area (Å²) >= 11 is 3.54. The van der Waals surface area contributed by atoms with Crippen LogP contribution in [0.1, 0.15) is 47.8 Å². The summed E-state index contributed by atoms with van der Waals surface area (Å²) in [6.45, 7) is 0. The topological polar surface area (TPSA) is 108 Å². The Hall–Kier alpha value is -2.29. The molecule has 1 unspecified atom stereocenters. The number of aromatic nitrogens is 2. The Balaban J connectivity index is 1.37.